The molecule has 3 heterocycles. The van der Waals surface area contributed by atoms with Gasteiger partial charge in [-0.05, 0) is 12.3 Å². The SMILES string of the molecule is CCCCCCCCCCCCCCC(C)CCCC(=O)SCCNC(=O)CCNC(=O)C(O)C(C)(C)COP(=O)(O)OP(=O)(O)OCC1OC(n2cnc3c(N)ncnc32)C(O)C1OP(=O)(O)O. The second-order valence-electron chi connectivity index (χ2n) is 18.0. The molecular formula is C41H74N7O17P3S. The maximum atomic E-state index is 12.8. The number of thioether (sulfide) groups is 1. The smallest absolute Gasteiger partial charge is 0.386 e. The van der Waals surface area contributed by atoms with Gasteiger partial charge in [0.25, 0.3) is 0 Å². The first-order chi connectivity index (χ1) is 32.4. The summed E-state index contributed by atoms with van der Waals surface area (Å²) in [5, 5.41) is 26.7. The zero-order valence-electron chi connectivity index (χ0n) is 40.0. The standard InChI is InChI=1S/C41H74N7O17P3S/c1-5-6-7-8-9-10-11-12-13-14-15-16-18-29(2)19-17-20-32(50)69-24-23-43-31(49)21-22-44-39(53)36(52)41(3,4)26-62-68(59,60)65-67(57,58)61-25-30-35(64-66(54,55)56)34(51)40(63-30)48-28-47-33-37(42)45-27-46-38(33)48/h27-30,34-36,40,51-52H,5-26H2,1-4H3,(H,43,49)(H,44,53)(H,57,58)(H,59,60)(H2,42,45,46)(H2,54,55,56). The maximum absolute atomic E-state index is 12.8. The number of fused-ring (bicyclic) bond motifs is 1. The summed E-state index contributed by atoms with van der Waals surface area (Å²) in [7, 11) is -16.4. The number of phosphoric acid groups is 3. The van der Waals surface area contributed by atoms with Crippen molar-refractivity contribution in [2.45, 2.75) is 167 Å². The topological polar surface area (TPSA) is 364 Å². The molecular weight excluding hydrogens is 987 g/mol. The number of unbranched alkanes of at least 4 members (excludes halogenated alkanes) is 11. The fourth-order valence-corrected chi connectivity index (χ4v) is 11.0. The predicted molar refractivity (Wildman–Crippen MR) is 256 cm³/mol. The molecule has 2 amide bonds. The second kappa shape index (κ2) is 29.9. The highest BCUT2D eigenvalue weighted by Crippen LogP contribution is 2.61. The summed E-state index contributed by atoms with van der Waals surface area (Å²) in [6.45, 7) is 5.07. The number of hydrogen-bond donors (Lipinski definition) is 9. The van der Waals surface area contributed by atoms with Gasteiger partial charge < -0.3 is 50.9 Å². The van der Waals surface area contributed by atoms with Crippen LogP contribution in [-0.2, 0) is 50.7 Å². The highest BCUT2D eigenvalue weighted by molar-refractivity contribution is 8.13. The molecule has 0 aliphatic carbocycles. The Hall–Kier alpha value is -2.44. The summed E-state index contributed by atoms with van der Waals surface area (Å²) in [4.78, 5) is 88.6. The van der Waals surface area contributed by atoms with Crippen molar-refractivity contribution in [1.29, 1.82) is 0 Å². The summed E-state index contributed by atoms with van der Waals surface area (Å²) >= 11 is 1.16. The van der Waals surface area contributed by atoms with E-state index in [1.165, 1.54) is 97.3 Å². The molecule has 2 aromatic heterocycles. The zero-order chi connectivity index (χ0) is 51.3. The van der Waals surface area contributed by atoms with Crippen molar-refractivity contribution in [2.75, 3.05) is 37.8 Å². The Bertz CT molecular complexity index is 2050. The Morgan fingerprint density at radius 2 is 1.48 bits per heavy atom. The average molecular weight is 1060 g/mol. The zero-order valence-corrected chi connectivity index (χ0v) is 43.5. The van der Waals surface area contributed by atoms with Crippen molar-refractivity contribution in [3.8, 4) is 0 Å². The van der Waals surface area contributed by atoms with E-state index < -0.39 is 84.6 Å². The van der Waals surface area contributed by atoms with Gasteiger partial charge in [0.05, 0.1) is 19.5 Å². The molecule has 2 aromatic rings. The number of nitrogens with two attached hydrogens (primary N) is 1. The largest absolute Gasteiger partial charge is 0.481 e. The molecule has 10 N–H and O–H groups in total. The number of rotatable bonds is 36. The highest BCUT2D eigenvalue weighted by Gasteiger charge is 2.50. The van der Waals surface area contributed by atoms with E-state index in [9.17, 15) is 57.9 Å². The third kappa shape index (κ3) is 22.9. The average Bonchev–Trinajstić information content (AvgIpc) is 3.83. The first-order valence-electron chi connectivity index (χ1n) is 23.5. The molecule has 28 heteroatoms. The van der Waals surface area contributed by atoms with Crippen LogP contribution in [0.25, 0.3) is 11.2 Å². The lowest BCUT2D eigenvalue weighted by atomic mass is 9.87. The first kappa shape index (κ1) is 60.9. The molecule has 0 bridgehead atoms. The van der Waals surface area contributed by atoms with E-state index >= 15 is 0 Å². The van der Waals surface area contributed by atoms with Gasteiger partial charge in [-0.3, -0.25) is 32.5 Å². The predicted octanol–water partition coefficient (Wildman–Crippen LogP) is 5.56. The number of aliphatic hydroxyl groups is 2. The van der Waals surface area contributed by atoms with Gasteiger partial charge >= 0.3 is 23.5 Å². The minimum atomic E-state index is -5.58. The van der Waals surface area contributed by atoms with E-state index in [4.69, 9.17) is 19.5 Å². The van der Waals surface area contributed by atoms with Crippen molar-refractivity contribution < 1.29 is 80.5 Å². The van der Waals surface area contributed by atoms with Gasteiger partial charge in [-0.25, -0.2) is 28.6 Å². The van der Waals surface area contributed by atoms with Gasteiger partial charge in [-0.1, -0.05) is 129 Å². The Balaban J connectivity index is 1.29. The molecule has 0 radical (unpaired) electrons. The quantitative estimate of drug-likeness (QED) is 0.0298. The third-order valence-corrected chi connectivity index (χ3v) is 15.4. The number of hydrogen-bond acceptors (Lipinski definition) is 18. The van der Waals surface area contributed by atoms with Crippen molar-refractivity contribution in [2.24, 2.45) is 11.3 Å². The Morgan fingerprint density at radius 3 is 2.12 bits per heavy atom. The van der Waals surface area contributed by atoms with Crippen LogP contribution in [-0.4, -0.2) is 123 Å². The van der Waals surface area contributed by atoms with Crippen LogP contribution in [0.2, 0.25) is 0 Å². The summed E-state index contributed by atoms with van der Waals surface area (Å²) in [6.07, 6.45) is 12.5. The monoisotopic (exact) mass is 1060 g/mol. The Labute approximate surface area is 407 Å². The van der Waals surface area contributed by atoms with Crippen LogP contribution in [0.5, 0.6) is 0 Å². The number of imidazole rings is 1. The number of aromatic nitrogens is 4. The van der Waals surface area contributed by atoms with Crippen molar-refractivity contribution in [3.63, 3.8) is 0 Å². The number of phosphoric ester groups is 3. The van der Waals surface area contributed by atoms with E-state index in [-0.39, 0.29) is 41.6 Å². The molecule has 1 aliphatic heterocycles. The summed E-state index contributed by atoms with van der Waals surface area (Å²) < 4.78 is 62.5. The number of ether oxygens (including phenoxy) is 1. The minimum Gasteiger partial charge on any atom is -0.386 e. The molecule has 0 saturated carbocycles. The van der Waals surface area contributed by atoms with Gasteiger partial charge in [0.1, 0.15) is 36.3 Å². The number of carbonyl (C=O) groups is 3. The van der Waals surface area contributed by atoms with E-state index in [1.54, 1.807) is 0 Å². The highest BCUT2D eigenvalue weighted by atomic mass is 32.2. The molecule has 8 atom stereocenters. The fourth-order valence-electron chi connectivity index (χ4n) is 7.44. The molecule has 1 saturated heterocycles. The summed E-state index contributed by atoms with van der Waals surface area (Å²) in [5.74, 6) is -0.444. The lowest BCUT2D eigenvalue weighted by Crippen LogP contribution is -2.46. The normalized spacial score (nSPS) is 20.3. The maximum Gasteiger partial charge on any atom is 0.481 e. The van der Waals surface area contributed by atoms with Crippen LogP contribution in [0.4, 0.5) is 5.82 Å². The number of aliphatic hydroxyl groups excluding tert-OH is 2. The number of amides is 2. The molecule has 1 aliphatic rings. The summed E-state index contributed by atoms with van der Waals surface area (Å²) in [6, 6.07) is 0. The van der Waals surface area contributed by atoms with Crippen molar-refractivity contribution in [1.82, 2.24) is 30.2 Å². The summed E-state index contributed by atoms with van der Waals surface area (Å²) in [5.41, 5.74) is 4.29. The van der Waals surface area contributed by atoms with Gasteiger partial charge in [0.2, 0.25) is 11.8 Å². The molecule has 3 rings (SSSR count). The molecule has 0 spiro atoms. The fraction of sp³-hybridized carbons (Fsp3) is 0.805. The molecule has 8 unspecified atom stereocenters. The van der Waals surface area contributed by atoms with E-state index in [0.29, 0.717) is 18.1 Å². The van der Waals surface area contributed by atoms with Crippen LogP contribution < -0.4 is 16.4 Å². The van der Waals surface area contributed by atoms with Crippen LogP contribution in [0.15, 0.2) is 12.7 Å². The van der Waals surface area contributed by atoms with Gasteiger partial charge in [0.15, 0.2) is 22.8 Å². The van der Waals surface area contributed by atoms with E-state index in [2.05, 4.69) is 48.3 Å². The number of anilines is 1. The minimum absolute atomic E-state index is 0.0339. The Kier molecular flexibility index (Phi) is 26.4. The number of nitrogen functional groups attached to an aromatic ring is 1. The van der Waals surface area contributed by atoms with Gasteiger partial charge in [0, 0.05) is 37.1 Å². The number of nitrogens with one attached hydrogen (secondary N) is 2. The molecule has 69 heavy (non-hydrogen) atoms. The third-order valence-electron chi connectivity index (χ3n) is 11.4. The number of nitrogens with zero attached hydrogens (tertiary/aromatic N) is 4. The second-order valence-corrected chi connectivity index (χ2v) is 23.4. The first-order valence-corrected chi connectivity index (χ1v) is 29.0. The lowest BCUT2D eigenvalue weighted by Gasteiger charge is -2.30. The number of carbonyl (C=O) groups excluding carboxylic acids is 3. The van der Waals surface area contributed by atoms with Crippen LogP contribution >= 0.6 is 35.2 Å². The lowest BCUT2D eigenvalue weighted by molar-refractivity contribution is -0.137. The van der Waals surface area contributed by atoms with Gasteiger partial charge in [-0.15, -0.1) is 0 Å². The Morgan fingerprint density at radius 1 is 0.870 bits per heavy atom. The molecule has 24 nitrogen and oxygen atoms in total. The van der Waals surface area contributed by atoms with E-state index in [0.717, 1.165) is 41.8 Å². The molecule has 1 fully saturated rings. The van der Waals surface area contributed by atoms with Crippen molar-refractivity contribution >= 4 is 69.1 Å². The molecule has 0 aromatic carbocycles. The van der Waals surface area contributed by atoms with Crippen LogP contribution in [0.1, 0.15) is 143 Å². The van der Waals surface area contributed by atoms with Crippen molar-refractivity contribution in [3.05, 3.63) is 12.7 Å². The van der Waals surface area contributed by atoms with E-state index in [1.807, 2.05) is 0 Å². The van der Waals surface area contributed by atoms with Crippen LogP contribution in [0.3, 0.4) is 0 Å². The van der Waals surface area contributed by atoms with Crippen LogP contribution in [0, 0.1) is 11.3 Å². The van der Waals surface area contributed by atoms with Gasteiger partial charge in [-0.2, -0.15) is 4.31 Å². The molecule has 396 valence electrons.